The zero-order valence-corrected chi connectivity index (χ0v) is 9.95. The molecule has 0 unspecified atom stereocenters. The Bertz CT molecular complexity index is 718. The van der Waals surface area contributed by atoms with Gasteiger partial charge in [-0.05, 0) is 12.1 Å². The topological polar surface area (TPSA) is 39.2 Å². The molecule has 0 aliphatic heterocycles. The van der Waals surface area contributed by atoms with Crippen molar-refractivity contribution in [2.45, 2.75) is 0 Å². The number of nitrogens with zero attached hydrogens (tertiary/aromatic N) is 1. The Balaban J connectivity index is 2.33. The van der Waals surface area contributed by atoms with E-state index in [1.807, 2.05) is 12.1 Å². The van der Waals surface area contributed by atoms with Gasteiger partial charge < -0.3 is 4.74 Å². The molecular formula is C13H9NO2S. The second-order valence-electron chi connectivity index (χ2n) is 3.66. The lowest BCUT2D eigenvalue weighted by Gasteiger charge is -1.97. The molecule has 0 saturated heterocycles. The van der Waals surface area contributed by atoms with Gasteiger partial charge >= 0.3 is 5.97 Å². The molecule has 0 atom stereocenters. The molecule has 0 spiro atoms. The highest BCUT2D eigenvalue weighted by molar-refractivity contribution is 7.25. The van der Waals surface area contributed by atoms with Gasteiger partial charge in [-0.3, -0.25) is 0 Å². The number of hydrogen-bond donors (Lipinski definition) is 0. The first-order valence-electron chi connectivity index (χ1n) is 5.15. The molecule has 2 aromatic heterocycles. The summed E-state index contributed by atoms with van der Waals surface area (Å²) in [7, 11) is 1.36. The van der Waals surface area contributed by atoms with Crippen molar-refractivity contribution in [1.82, 2.24) is 4.98 Å². The number of carbonyl (C=O) groups excluding carboxylic acids is 1. The maximum absolute atomic E-state index is 11.4. The molecule has 84 valence electrons. The van der Waals surface area contributed by atoms with Crippen LogP contribution in [-0.2, 0) is 4.74 Å². The zero-order chi connectivity index (χ0) is 11.8. The lowest BCUT2D eigenvalue weighted by molar-refractivity contribution is 0.0594. The number of fused-ring (bicyclic) bond motifs is 3. The number of pyridine rings is 1. The predicted octanol–water partition coefficient (Wildman–Crippen LogP) is 3.24. The van der Waals surface area contributed by atoms with Gasteiger partial charge in [0, 0.05) is 21.7 Å². The molecular weight excluding hydrogens is 234 g/mol. The van der Waals surface area contributed by atoms with Crippen LogP contribution in [0, 0.1) is 0 Å². The van der Waals surface area contributed by atoms with Crippen LogP contribution in [0.25, 0.3) is 20.2 Å². The Hall–Kier alpha value is -1.94. The highest BCUT2D eigenvalue weighted by Gasteiger charge is 2.11. The third-order valence-electron chi connectivity index (χ3n) is 2.66. The minimum Gasteiger partial charge on any atom is -0.464 e. The molecule has 3 rings (SSSR count). The molecule has 3 nitrogen and oxygen atoms in total. The summed E-state index contributed by atoms with van der Waals surface area (Å²) in [5.41, 5.74) is 0.351. The molecule has 1 aromatic carbocycles. The fourth-order valence-electron chi connectivity index (χ4n) is 1.85. The smallest absolute Gasteiger partial charge is 0.356 e. The summed E-state index contributed by atoms with van der Waals surface area (Å²) in [4.78, 5) is 15.5. The van der Waals surface area contributed by atoms with Gasteiger partial charge in [0.1, 0.15) is 5.69 Å². The molecule has 0 bridgehead atoms. The van der Waals surface area contributed by atoms with E-state index in [9.17, 15) is 4.79 Å². The van der Waals surface area contributed by atoms with Crippen molar-refractivity contribution >= 4 is 37.5 Å². The fraction of sp³-hybridized carbons (Fsp3) is 0.0769. The third kappa shape index (κ3) is 1.57. The van der Waals surface area contributed by atoms with Crippen LogP contribution in [-0.4, -0.2) is 18.1 Å². The molecule has 0 radical (unpaired) electrons. The van der Waals surface area contributed by atoms with Crippen LogP contribution in [0.5, 0.6) is 0 Å². The van der Waals surface area contributed by atoms with E-state index in [1.54, 1.807) is 23.6 Å². The molecule has 3 aromatic rings. The average molecular weight is 243 g/mol. The number of thiophene rings is 1. The first-order chi connectivity index (χ1) is 8.29. The van der Waals surface area contributed by atoms with Crippen molar-refractivity contribution < 1.29 is 9.53 Å². The number of esters is 1. The molecule has 0 aliphatic rings. The Kier molecular flexibility index (Phi) is 2.30. The van der Waals surface area contributed by atoms with E-state index in [0.717, 1.165) is 15.5 Å². The van der Waals surface area contributed by atoms with Crippen LogP contribution >= 0.6 is 11.3 Å². The maximum Gasteiger partial charge on any atom is 0.356 e. The standard InChI is InChI=1S/C13H9NO2S/c1-16-13(15)10-6-9-8-4-2-3-5-11(8)17-12(9)7-14-10/h2-7H,1H3. The number of ether oxygens (including phenoxy) is 1. The largest absolute Gasteiger partial charge is 0.464 e. The summed E-state index contributed by atoms with van der Waals surface area (Å²) in [5, 5.41) is 2.21. The van der Waals surface area contributed by atoms with E-state index in [1.165, 1.54) is 11.8 Å². The van der Waals surface area contributed by atoms with E-state index in [0.29, 0.717) is 5.69 Å². The summed E-state index contributed by atoms with van der Waals surface area (Å²) in [6.07, 6.45) is 1.73. The van der Waals surface area contributed by atoms with Gasteiger partial charge in [-0.2, -0.15) is 0 Å². The minimum absolute atomic E-state index is 0.351. The molecule has 2 heterocycles. The number of rotatable bonds is 1. The van der Waals surface area contributed by atoms with Crippen molar-refractivity contribution in [2.75, 3.05) is 7.11 Å². The molecule has 0 aliphatic carbocycles. The average Bonchev–Trinajstić information content (AvgIpc) is 2.75. The number of benzene rings is 1. The summed E-state index contributed by atoms with van der Waals surface area (Å²) < 4.78 is 6.96. The number of aromatic nitrogens is 1. The van der Waals surface area contributed by atoms with E-state index in [2.05, 4.69) is 21.9 Å². The maximum atomic E-state index is 11.4. The van der Waals surface area contributed by atoms with Crippen molar-refractivity contribution in [3.05, 3.63) is 42.2 Å². The van der Waals surface area contributed by atoms with Crippen LogP contribution in [0.1, 0.15) is 10.5 Å². The summed E-state index contributed by atoms with van der Waals surface area (Å²) in [5.74, 6) is -0.401. The molecule has 0 amide bonds. The Labute approximate surface area is 102 Å². The van der Waals surface area contributed by atoms with Gasteiger partial charge in [0.2, 0.25) is 0 Å². The lowest BCUT2D eigenvalue weighted by Crippen LogP contribution is -2.03. The summed E-state index contributed by atoms with van der Waals surface area (Å²) in [6.45, 7) is 0. The summed E-state index contributed by atoms with van der Waals surface area (Å²) in [6, 6.07) is 9.91. The zero-order valence-electron chi connectivity index (χ0n) is 9.14. The van der Waals surface area contributed by atoms with E-state index in [-0.39, 0.29) is 0 Å². The number of methoxy groups -OCH3 is 1. The molecule has 4 heteroatoms. The monoisotopic (exact) mass is 243 g/mol. The SMILES string of the molecule is COC(=O)c1cc2c(cn1)sc1ccccc12. The summed E-state index contributed by atoms with van der Waals surface area (Å²) >= 11 is 1.68. The first-order valence-corrected chi connectivity index (χ1v) is 5.97. The Morgan fingerprint density at radius 3 is 2.88 bits per heavy atom. The van der Waals surface area contributed by atoms with Crippen LogP contribution in [0.3, 0.4) is 0 Å². The highest BCUT2D eigenvalue weighted by atomic mass is 32.1. The van der Waals surface area contributed by atoms with Gasteiger partial charge in [0.15, 0.2) is 0 Å². The van der Waals surface area contributed by atoms with Crippen LogP contribution in [0.4, 0.5) is 0 Å². The molecule has 17 heavy (non-hydrogen) atoms. The van der Waals surface area contributed by atoms with Crippen molar-refractivity contribution in [3.8, 4) is 0 Å². The van der Waals surface area contributed by atoms with Crippen molar-refractivity contribution in [3.63, 3.8) is 0 Å². The van der Waals surface area contributed by atoms with Gasteiger partial charge in [0.25, 0.3) is 0 Å². The van der Waals surface area contributed by atoms with Crippen molar-refractivity contribution in [1.29, 1.82) is 0 Å². The second kappa shape index (κ2) is 3.82. The molecule has 0 saturated carbocycles. The molecule has 0 fully saturated rings. The van der Waals surface area contributed by atoms with E-state index < -0.39 is 5.97 Å². The normalized spacial score (nSPS) is 10.9. The molecule has 0 N–H and O–H groups in total. The predicted molar refractivity (Wildman–Crippen MR) is 68.5 cm³/mol. The quantitative estimate of drug-likeness (QED) is 0.616. The third-order valence-corrected chi connectivity index (χ3v) is 3.78. The number of carbonyl (C=O) groups is 1. The van der Waals surface area contributed by atoms with Gasteiger partial charge in [-0.15, -0.1) is 11.3 Å². The lowest BCUT2D eigenvalue weighted by atomic mass is 10.1. The van der Waals surface area contributed by atoms with Crippen LogP contribution in [0.2, 0.25) is 0 Å². The fourth-order valence-corrected chi connectivity index (χ4v) is 2.90. The van der Waals surface area contributed by atoms with E-state index in [4.69, 9.17) is 0 Å². The first kappa shape index (κ1) is 10.2. The van der Waals surface area contributed by atoms with Crippen LogP contribution in [0.15, 0.2) is 36.5 Å². The highest BCUT2D eigenvalue weighted by Crippen LogP contribution is 2.33. The Morgan fingerprint density at radius 1 is 1.24 bits per heavy atom. The minimum atomic E-state index is -0.401. The van der Waals surface area contributed by atoms with E-state index >= 15 is 0 Å². The van der Waals surface area contributed by atoms with Crippen LogP contribution < -0.4 is 0 Å². The Morgan fingerprint density at radius 2 is 2.06 bits per heavy atom. The van der Waals surface area contributed by atoms with Gasteiger partial charge in [-0.25, -0.2) is 9.78 Å². The number of hydrogen-bond acceptors (Lipinski definition) is 4. The van der Waals surface area contributed by atoms with Crippen molar-refractivity contribution in [2.24, 2.45) is 0 Å². The van der Waals surface area contributed by atoms with Gasteiger partial charge in [0.05, 0.1) is 11.8 Å². The second-order valence-corrected chi connectivity index (χ2v) is 4.74. The van der Waals surface area contributed by atoms with Gasteiger partial charge in [-0.1, -0.05) is 18.2 Å².